The summed E-state index contributed by atoms with van der Waals surface area (Å²) in [6.07, 6.45) is 51.7. The van der Waals surface area contributed by atoms with E-state index in [2.05, 4.69) is 67.8 Å². The predicted molar refractivity (Wildman–Crippen MR) is 244 cm³/mol. The van der Waals surface area contributed by atoms with Crippen LogP contribution in [0.25, 0.3) is 0 Å². The molecule has 0 aliphatic carbocycles. The second kappa shape index (κ2) is 39.6. The Balaban J connectivity index is 4.21. The summed E-state index contributed by atoms with van der Waals surface area (Å²) < 4.78 is 23.5. The number of carbonyl (C=O) groups excluding carboxylic acids is 1. The van der Waals surface area contributed by atoms with Crippen molar-refractivity contribution in [2.75, 3.05) is 40.9 Å². The minimum absolute atomic E-state index is 0.0513. The number of unbranched alkanes of at least 4 members (excludes halogenated alkanes) is 20. The van der Waals surface area contributed by atoms with E-state index in [-0.39, 0.29) is 19.1 Å². The molecule has 0 aromatic carbocycles. The molecule has 0 aliphatic rings. The van der Waals surface area contributed by atoms with E-state index in [1.807, 2.05) is 27.2 Å². The average Bonchev–Trinajstić information content (AvgIpc) is 3.16. The Labute approximate surface area is 351 Å². The fourth-order valence-corrected chi connectivity index (χ4v) is 7.02. The van der Waals surface area contributed by atoms with Gasteiger partial charge < -0.3 is 19.8 Å². The van der Waals surface area contributed by atoms with Crippen LogP contribution in [0.5, 0.6) is 0 Å². The van der Waals surface area contributed by atoms with Gasteiger partial charge >= 0.3 is 7.82 Å². The molecule has 0 aromatic heterocycles. The Morgan fingerprint density at radius 3 is 1.58 bits per heavy atom. The molecule has 3 atom stereocenters. The maximum atomic E-state index is 12.9. The number of rotatable bonds is 41. The van der Waals surface area contributed by atoms with Gasteiger partial charge in [0.15, 0.2) is 0 Å². The zero-order chi connectivity index (χ0) is 42.1. The summed E-state index contributed by atoms with van der Waals surface area (Å²) in [6.45, 7) is 4.64. The fraction of sp³-hybridized carbons (Fsp3) is 0.771. The lowest BCUT2D eigenvalue weighted by atomic mass is 10.0. The molecule has 0 saturated heterocycles. The quantitative estimate of drug-likeness (QED) is 0.0245. The lowest BCUT2D eigenvalue weighted by molar-refractivity contribution is -0.870. The number of amides is 1. The van der Waals surface area contributed by atoms with Crippen molar-refractivity contribution in [1.82, 2.24) is 5.32 Å². The molecular formula is C48H90N2O6P+. The molecule has 0 radical (unpaired) electrons. The summed E-state index contributed by atoms with van der Waals surface area (Å²) in [5.74, 6) is -0.196. The van der Waals surface area contributed by atoms with E-state index in [0.717, 1.165) is 57.8 Å². The summed E-state index contributed by atoms with van der Waals surface area (Å²) in [4.78, 5) is 23.1. The molecule has 1 amide bonds. The first-order valence-electron chi connectivity index (χ1n) is 23.2. The summed E-state index contributed by atoms with van der Waals surface area (Å²) in [5, 5.41) is 13.7. The summed E-state index contributed by atoms with van der Waals surface area (Å²) in [6, 6.07) is -0.869. The highest BCUT2D eigenvalue weighted by Gasteiger charge is 2.27. The molecule has 3 N–H and O–H groups in total. The van der Waals surface area contributed by atoms with Crippen molar-refractivity contribution >= 4 is 13.7 Å². The van der Waals surface area contributed by atoms with Gasteiger partial charge in [0.1, 0.15) is 13.2 Å². The first-order chi connectivity index (χ1) is 27.5. The van der Waals surface area contributed by atoms with Gasteiger partial charge in [-0.15, -0.1) is 0 Å². The number of phosphoric ester groups is 1. The highest BCUT2D eigenvalue weighted by molar-refractivity contribution is 7.47. The number of aliphatic hydroxyl groups excluding tert-OH is 1. The van der Waals surface area contributed by atoms with Crippen LogP contribution in [0.4, 0.5) is 0 Å². The number of aliphatic hydroxyl groups is 1. The average molecular weight is 822 g/mol. The summed E-state index contributed by atoms with van der Waals surface area (Å²) in [7, 11) is 1.54. The molecule has 3 unspecified atom stereocenters. The van der Waals surface area contributed by atoms with Crippen molar-refractivity contribution in [3.8, 4) is 0 Å². The van der Waals surface area contributed by atoms with Gasteiger partial charge in [0, 0.05) is 6.42 Å². The maximum Gasteiger partial charge on any atom is 0.472 e. The van der Waals surface area contributed by atoms with Crippen LogP contribution in [0.3, 0.4) is 0 Å². The highest BCUT2D eigenvalue weighted by atomic mass is 31.2. The number of quaternary nitrogens is 1. The largest absolute Gasteiger partial charge is 0.472 e. The van der Waals surface area contributed by atoms with Gasteiger partial charge in [-0.3, -0.25) is 13.8 Å². The summed E-state index contributed by atoms with van der Waals surface area (Å²) in [5.41, 5.74) is 0. The zero-order valence-corrected chi connectivity index (χ0v) is 38.5. The SMILES string of the molecule is CC/C=C/CC/C=C/CC/C=C/C(O)C(COP(=O)(O)OCC[N+](C)(C)C)NC(=O)CCCCCCCCCCCCCCC/C=C\C/C=C\CCCCCCC. The van der Waals surface area contributed by atoms with Gasteiger partial charge in [0.05, 0.1) is 39.9 Å². The van der Waals surface area contributed by atoms with Gasteiger partial charge in [0.2, 0.25) is 5.91 Å². The summed E-state index contributed by atoms with van der Waals surface area (Å²) >= 11 is 0. The number of nitrogens with zero attached hydrogens (tertiary/aromatic N) is 1. The lowest BCUT2D eigenvalue weighted by Crippen LogP contribution is -2.45. The van der Waals surface area contributed by atoms with Gasteiger partial charge in [-0.2, -0.15) is 0 Å². The first-order valence-corrected chi connectivity index (χ1v) is 24.7. The number of likely N-dealkylation sites (N-methyl/N-ethyl adjacent to an activating group) is 1. The Morgan fingerprint density at radius 2 is 1.07 bits per heavy atom. The maximum absolute atomic E-state index is 12.9. The molecule has 0 aliphatic heterocycles. The van der Waals surface area contributed by atoms with E-state index in [0.29, 0.717) is 17.4 Å². The molecule has 9 heteroatoms. The highest BCUT2D eigenvalue weighted by Crippen LogP contribution is 2.43. The molecule has 0 bridgehead atoms. The van der Waals surface area contributed by atoms with Crippen molar-refractivity contribution < 1.29 is 32.9 Å². The minimum atomic E-state index is -4.35. The molecule has 332 valence electrons. The van der Waals surface area contributed by atoms with E-state index >= 15 is 0 Å². The van der Waals surface area contributed by atoms with Gasteiger partial charge in [-0.25, -0.2) is 4.57 Å². The molecular weight excluding hydrogens is 732 g/mol. The Kier molecular flexibility index (Phi) is 38.4. The van der Waals surface area contributed by atoms with Crippen molar-refractivity contribution in [1.29, 1.82) is 0 Å². The van der Waals surface area contributed by atoms with Crippen LogP contribution in [-0.2, 0) is 18.4 Å². The van der Waals surface area contributed by atoms with Crippen LogP contribution < -0.4 is 5.32 Å². The second-order valence-electron chi connectivity index (χ2n) is 16.7. The lowest BCUT2D eigenvalue weighted by Gasteiger charge is -2.25. The predicted octanol–water partition coefficient (Wildman–Crippen LogP) is 13.0. The number of hydrogen-bond acceptors (Lipinski definition) is 5. The van der Waals surface area contributed by atoms with E-state index in [4.69, 9.17) is 9.05 Å². The third kappa shape index (κ3) is 42.1. The normalized spacial score (nSPS) is 14.9. The molecule has 8 nitrogen and oxygen atoms in total. The number of hydrogen-bond donors (Lipinski definition) is 3. The third-order valence-electron chi connectivity index (χ3n) is 9.95. The minimum Gasteiger partial charge on any atom is -0.387 e. The van der Waals surface area contributed by atoms with Crippen LogP contribution in [0.1, 0.15) is 187 Å². The third-order valence-corrected chi connectivity index (χ3v) is 10.9. The van der Waals surface area contributed by atoms with Crippen LogP contribution in [0, 0.1) is 0 Å². The number of allylic oxidation sites excluding steroid dienone is 9. The van der Waals surface area contributed by atoms with Gasteiger partial charge in [0.25, 0.3) is 0 Å². The Bertz CT molecular complexity index is 1110. The smallest absolute Gasteiger partial charge is 0.387 e. The standard InChI is InChI=1S/C48H89N2O6P/c1-6-8-10-12-14-16-18-19-20-21-22-23-24-25-26-27-28-29-30-31-32-34-36-38-40-42-48(52)49-46(45-56-57(53,54)55-44-43-50(3,4)5)47(51)41-39-37-35-33-17-15-13-11-9-7-2/h9,11,17-19,21-22,33,39,41,46-47,51H,6-8,10,12-16,20,23-32,34-38,40,42-45H2,1-5H3,(H-,49,52,53,54)/p+1/b11-9+,19-18-,22-21-,33-17+,41-39+. The van der Waals surface area contributed by atoms with Crippen molar-refractivity contribution in [3.05, 3.63) is 60.8 Å². The molecule has 0 heterocycles. The number of carbonyl (C=O) groups is 1. The van der Waals surface area contributed by atoms with E-state index in [9.17, 15) is 19.4 Å². The van der Waals surface area contributed by atoms with Crippen LogP contribution in [0.15, 0.2) is 60.8 Å². The van der Waals surface area contributed by atoms with Crippen LogP contribution in [-0.4, -0.2) is 73.4 Å². The van der Waals surface area contributed by atoms with Crippen LogP contribution in [0.2, 0.25) is 0 Å². The van der Waals surface area contributed by atoms with Crippen molar-refractivity contribution in [2.45, 2.75) is 199 Å². The Hall–Kier alpha value is -1.80. The first kappa shape index (κ1) is 55.2. The molecule has 57 heavy (non-hydrogen) atoms. The number of phosphoric acid groups is 1. The molecule has 0 rings (SSSR count). The number of nitrogens with one attached hydrogen (secondary N) is 1. The van der Waals surface area contributed by atoms with Crippen molar-refractivity contribution in [2.24, 2.45) is 0 Å². The molecule has 0 aromatic rings. The molecule has 0 saturated carbocycles. The van der Waals surface area contributed by atoms with Crippen molar-refractivity contribution in [3.63, 3.8) is 0 Å². The molecule has 0 fully saturated rings. The second-order valence-corrected chi connectivity index (χ2v) is 18.2. The molecule has 0 spiro atoms. The van der Waals surface area contributed by atoms with E-state index in [1.165, 1.54) is 109 Å². The van der Waals surface area contributed by atoms with E-state index in [1.54, 1.807) is 6.08 Å². The van der Waals surface area contributed by atoms with Gasteiger partial charge in [-0.1, -0.05) is 171 Å². The monoisotopic (exact) mass is 822 g/mol. The van der Waals surface area contributed by atoms with Crippen LogP contribution >= 0.6 is 7.82 Å². The van der Waals surface area contributed by atoms with E-state index < -0.39 is 20.0 Å². The fourth-order valence-electron chi connectivity index (χ4n) is 6.29. The zero-order valence-electron chi connectivity index (χ0n) is 37.6. The Morgan fingerprint density at radius 1 is 0.614 bits per heavy atom. The van der Waals surface area contributed by atoms with Gasteiger partial charge in [-0.05, 0) is 70.6 Å². The topological polar surface area (TPSA) is 105 Å².